The minimum atomic E-state index is -0.0512. The Morgan fingerprint density at radius 2 is 2.11 bits per heavy atom. The fourth-order valence-electron chi connectivity index (χ4n) is 3.40. The highest BCUT2D eigenvalue weighted by Gasteiger charge is 2.13. The van der Waals surface area contributed by atoms with Crippen molar-refractivity contribution < 1.29 is 4.42 Å². The molecule has 0 spiro atoms. The van der Waals surface area contributed by atoms with Gasteiger partial charge in [-0.15, -0.1) is 0 Å². The molecule has 0 saturated heterocycles. The number of aryl methyl sites for hydroxylation is 1. The van der Waals surface area contributed by atoms with Crippen LogP contribution in [0.2, 0.25) is 0 Å². The molecule has 3 aromatic heterocycles. The van der Waals surface area contributed by atoms with E-state index >= 15 is 0 Å². The number of allylic oxidation sites excluding steroid dienone is 2. The maximum atomic E-state index is 12.5. The third-order valence-electron chi connectivity index (χ3n) is 4.70. The fourth-order valence-corrected chi connectivity index (χ4v) is 3.40. The SMILES string of the molecule is Cc1ccn2c(=O)cc(CN(CC3=CCCC=C3)Cc3ccco3)nc2c1. The second kappa shape index (κ2) is 7.76. The van der Waals surface area contributed by atoms with E-state index in [9.17, 15) is 4.79 Å². The molecule has 0 bridgehead atoms. The Hall–Kier alpha value is -2.92. The van der Waals surface area contributed by atoms with Crippen LogP contribution in [-0.2, 0) is 13.1 Å². The summed E-state index contributed by atoms with van der Waals surface area (Å²) in [5, 5.41) is 0. The van der Waals surface area contributed by atoms with Crippen molar-refractivity contribution in [3.8, 4) is 0 Å². The summed E-state index contributed by atoms with van der Waals surface area (Å²) in [5.74, 6) is 0.906. The number of hydrogen-bond donors (Lipinski definition) is 0. The van der Waals surface area contributed by atoms with Crippen molar-refractivity contribution >= 4 is 5.65 Å². The van der Waals surface area contributed by atoms with Gasteiger partial charge in [-0.1, -0.05) is 18.2 Å². The predicted octanol–water partition coefficient (Wildman–Crippen LogP) is 3.87. The molecule has 0 unspecified atom stereocenters. The summed E-state index contributed by atoms with van der Waals surface area (Å²) >= 11 is 0. The fraction of sp³-hybridized carbons (Fsp3) is 0.273. The van der Waals surface area contributed by atoms with E-state index in [0.717, 1.165) is 36.4 Å². The number of hydrogen-bond acceptors (Lipinski definition) is 4. The summed E-state index contributed by atoms with van der Waals surface area (Å²) in [4.78, 5) is 19.4. The van der Waals surface area contributed by atoms with E-state index in [1.165, 1.54) is 5.57 Å². The van der Waals surface area contributed by atoms with Crippen LogP contribution in [0.1, 0.15) is 29.9 Å². The van der Waals surface area contributed by atoms with Crippen LogP contribution in [0.3, 0.4) is 0 Å². The first-order chi connectivity index (χ1) is 13.2. The van der Waals surface area contributed by atoms with E-state index in [4.69, 9.17) is 9.40 Å². The molecule has 5 nitrogen and oxygen atoms in total. The minimum absolute atomic E-state index is 0.0512. The van der Waals surface area contributed by atoms with Gasteiger partial charge in [-0.2, -0.15) is 0 Å². The van der Waals surface area contributed by atoms with E-state index in [1.54, 1.807) is 22.9 Å². The molecule has 5 heteroatoms. The number of pyridine rings is 1. The molecule has 1 aliphatic carbocycles. The van der Waals surface area contributed by atoms with Crippen molar-refractivity contribution in [2.24, 2.45) is 0 Å². The molecule has 0 amide bonds. The standard InChI is InChI=1S/C22H23N3O2/c1-17-9-10-25-21(12-17)23-19(13-22(25)26)15-24(16-20-8-5-11-27-20)14-18-6-3-2-4-7-18/h3,5-13H,2,4,14-16H2,1H3. The second-order valence-corrected chi connectivity index (χ2v) is 7.00. The lowest BCUT2D eigenvalue weighted by Crippen LogP contribution is -2.27. The van der Waals surface area contributed by atoms with Gasteiger partial charge in [-0.05, 0) is 55.2 Å². The Bertz CT molecular complexity index is 1050. The zero-order valence-corrected chi connectivity index (χ0v) is 15.5. The highest BCUT2D eigenvalue weighted by atomic mass is 16.3. The third kappa shape index (κ3) is 4.26. The molecule has 3 heterocycles. The number of furan rings is 1. The van der Waals surface area contributed by atoms with Gasteiger partial charge in [0, 0.05) is 25.4 Å². The Labute approximate surface area is 158 Å². The molecule has 4 rings (SSSR count). The molecule has 0 aliphatic heterocycles. The average Bonchev–Trinajstić information content (AvgIpc) is 3.15. The van der Waals surface area contributed by atoms with E-state index in [-0.39, 0.29) is 5.56 Å². The van der Waals surface area contributed by atoms with Crippen molar-refractivity contribution in [3.63, 3.8) is 0 Å². The minimum Gasteiger partial charge on any atom is -0.468 e. The molecule has 27 heavy (non-hydrogen) atoms. The topological polar surface area (TPSA) is 50.8 Å². The maximum absolute atomic E-state index is 12.5. The molecule has 1 aliphatic rings. The van der Waals surface area contributed by atoms with E-state index < -0.39 is 0 Å². The first-order valence-corrected chi connectivity index (χ1v) is 9.27. The van der Waals surface area contributed by atoms with Crippen LogP contribution in [0.15, 0.2) is 75.8 Å². The summed E-state index contributed by atoms with van der Waals surface area (Å²) in [6.07, 6.45) is 12.3. The number of nitrogens with zero attached hydrogens (tertiary/aromatic N) is 3. The van der Waals surface area contributed by atoms with Crippen molar-refractivity contribution in [2.45, 2.75) is 32.9 Å². The van der Waals surface area contributed by atoms with Crippen molar-refractivity contribution in [2.75, 3.05) is 6.54 Å². The van der Waals surface area contributed by atoms with Gasteiger partial charge in [0.2, 0.25) is 0 Å². The smallest absolute Gasteiger partial charge is 0.258 e. The molecule has 138 valence electrons. The van der Waals surface area contributed by atoms with Crippen molar-refractivity contribution in [1.29, 1.82) is 0 Å². The van der Waals surface area contributed by atoms with Crippen LogP contribution in [0.25, 0.3) is 5.65 Å². The van der Waals surface area contributed by atoms with Crippen molar-refractivity contribution in [3.05, 3.63) is 94.0 Å². The van der Waals surface area contributed by atoms with Gasteiger partial charge in [0.25, 0.3) is 5.56 Å². The summed E-state index contributed by atoms with van der Waals surface area (Å²) in [6, 6.07) is 9.36. The van der Waals surface area contributed by atoms with Gasteiger partial charge < -0.3 is 4.42 Å². The quantitative estimate of drug-likeness (QED) is 0.669. The number of fused-ring (bicyclic) bond motifs is 1. The molecule has 0 radical (unpaired) electrons. The molecule has 0 fully saturated rings. The van der Waals surface area contributed by atoms with Crippen LogP contribution in [0, 0.1) is 6.92 Å². The summed E-state index contributed by atoms with van der Waals surface area (Å²) in [6.45, 7) is 4.06. The predicted molar refractivity (Wildman–Crippen MR) is 105 cm³/mol. The normalized spacial score (nSPS) is 14.1. The molecule has 3 aromatic rings. The maximum Gasteiger partial charge on any atom is 0.258 e. The molecular formula is C22H23N3O2. The van der Waals surface area contributed by atoms with Crippen LogP contribution in [-0.4, -0.2) is 20.8 Å². The van der Waals surface area contributed by atoms with Crippen LogP contribution >= 0.6 is 0 Å². The van der Waals surface area contributed by atoms with Gasteiger partial charge in [0.05, 0.1) is 18.5 Å². The molecule has 0 N–H and O–H groups in total. The lowest BCUT2D eigenvalue weighted by molar-refractivity contribution is 0.253. The van der Waals surface area contributed by atoms with E-state index in [2.05, 4.69) is 23.1 Å². The van der Waals surface area contributed by atoms with Gasteiger partial charge in [0.1, 0.15) is 11.4 Å². The Balaban J connectivity index is 1.61. The van der Waals surface area contributed by atoms with Crippen molar-refractivity contribution in [1.82, 2.24) is 14.3 Å². The van der Waals surface area contributed by atoms with Crippen LogP contribution in [0.4, 0.5) is 0 Å². The molecular weight excluding hydrogens is 338 g/mol. The Morgan fingerprint density at radius 3 is 2.89 bits per heavy atom. The Morgan fingerprint density at radius 1 is 1.19 bits per heavy atom. The average molecular weight is 361 g/mol. The largest absolute Gasteiger partial charge is 0.468 e. The molecule has 0 aromatic carbocycles. The van der Waals surface area contributed by atoms with Crippen LogP contribution < -0.4 is 5.56 Å². The second-order valence-electron chi connectivity index (χ2n) is 7.00. The lowest BCUT2D eigenvalue weighted by Gasteiger charge is -2.22. The monoisotopic (exact) mass is 361 g/mol. The molecule has 0 saturated carbocycles. The summed E-state index contributed by atoms with van der Waals surface area (Å²) < 4.78 is 7.12. The highest BCUT2D eigenvalue weighted by Crippen LogP contribution is 2.16. The first kappa shape index (κ1) is 17.5. The third-order valence-corrected chi connectivity index (χ3v) is 4.70. The van der Waals surface area contributed by atoms with Crippen LogP contribution in [0.5, 0.6) is 0 Å². The number of rotatable bonds is 6. The zero-order valence-electron chi connectivity index (χ0n) is 15.5. The van der Waals surface area contributed by atoms with Gasteiger partial charge in [0.15, 0.2) is 0 Å². The van der Waals surface area contributed by atoms with Gasteiger partial charge in [-0.3, -0.25) is 14.1 Å². The van der Waals surface area contributed by atoms with E-state index in [0.29, 0.717) is 18.7 Å². The lowest BCUT2D eigenvalue weighted by atomic mass is 10.1. The first-order valence-electron chi connectivity index (χ1n) is 9.27. The summed E-state index contributed by atoms with van der Waals surface area (Å²) in [7, 11) is 0. The molecule has 0 atom stereocenters. The highest BCUT2D eigenvalue weighted by molar-refractivity contribution is 5.41. The Kier molecular flexibility index (Phi) is 5.03. The zero-order chi connectivity index (χ0) is 18.6. The van der Waals surface area contributed by atoms with Gasteiger partial charge >= 0.3 is 0 Å². The van der Waals surface area contributed by atoms with Gasteiger partial charge in [-0.25, -0.2) is 4.98 Å². The van der Waals surface area contributed by atoms with E-state index in [1.807, 2.05) is 31.2 Å². The number of aromatic nitrogens is 2. The summed E-state index contributed by atoms with van der Waals surface area (Å²) in [5.41, 5.74) is 3.79.